The highest BCUT2D eigenvalue weighted by molar-refractivity contribution is 5.94. The third kappa shape index (κ3) is 3.08. The van der Waals surface area contributed by atoms with Crippen LogP contribution in [0.5, 0.6) is 11.5 Å². The van der Waals surface area contributed by atoms with Gasteiger partial charge in [-0.25, -0.2) is 0 Å². The van der Waals surface area contributed by atoms with Gasteiger partial charge in [0.05, 0.1) is 0 Å². The number of alkyl halides is 2. The Kier molecular flexibility index (Phi) is 3.65. The normalized spacial score (nSPS) is 10.3. The zero-order valence-electron chi connectivity index (χ0n) is 8.78. The molecule has 0 spiro atoms. The lowest BCUT2D eigenvalue weighted by Crippen LogP contribution is -2.21. The number of amides is 1. The monoisotopic (exact) mass is 231 g/mol. The molecule has 88 valence electrons. The van der Waals surface area contributed by atoms with Crippen LogP contribution >= 0.6 is 0 Å². The van der Waals surface area contributed by atoms with Crippen molar-refractivity contribution >= 4 is 5.91 Å². The van der Waals surface area contributed by atoms with Crippen molar-refractivity contribution < 1.29 is 23.4 Å². The maximum atomic E-state index is 11.9. The summed E-state index contributed by atoms with van der Waals surface area (Å²) in [7, 11) is 3.03. The SMILES string of the molecule is CN(C)C(=O)c1cc(O)cc(OC(F)F)c1. The van der Waals surface area contributed by atoms with Gasteiger partial charge in [0.15, 0.2) is 0 Å². The number of phenols is 1. The summed E-state index contributed by atoms with van der Waals surface area (Å²) in [5.41, 5.74) is 0.0839. The van der Waals surface area contributed by atoms with E-state index in [1.807, 2.05) is 0 Å². The smallest absolute Gasteiger partial charge is 0.387 e. The van der Waals surface area contributed by atoms with Gasteiger partial charge < -0.3 is 14.7 Å². The Morgan fingerprint density at radius 1 is 1.38 bits per heavy atom. The average Bonchev–Trinajstić information content (AvgIpc) is 2.14. The molecule has 0 unspecified atom stereocenters. The third-order valence-electron chi connectivity index (χ3n) is 1.77. The highest BCUT2D eigenvalue weighted by atomic mass is 19.3. The number of rotatable bonds is 3. The van der Waals surface area contributed by atoms with Crippen molar-refractivity contribution in [3.63, 3.8) is 0 Å². The summed E-state index contributed by atoms with van der Waals surface area (Å²) in [5.74, 6) is -0.960. The number of hydrogen-bond acceptors (Lipinski definition) is 3. The molecule has 1 N–H and O–H groups in total. The third-order valence-corrected chi connectivity index (χ3v) is 1.77. The summed E-state index contributed by atoms with van der Waals surface area (Å²) >= 11 is 0. The summed E-state index contributed by atoms with van der Waals surface area (Å²) in [5, 5.41) is 9.24. The highest BCUT2D eigenvalue weighted by Gasteiger charge is 2.13. The topological polar surface area (TPSA) is 49.8 Å². The van der Waals surface area contributed by atoms with Gasteiger partial charge in [0.2, 0.25) is 0 Å². The molecular formula is C10H11F2NO3. The predicted molar refractivity (Wildman–Crippen MR) is 52.8 cm³/mol. The first-order valence-corrected chi connectivity index (χ1v) is 4.40. The Labute approximate surface area is 91.1 Å². The summed E-state index contributed by atoms with van der Waals surface area (Å²) in [6.07, 6.45) is 0. The van der Waals surface area contributed by atoms with Gasteiger partial charge in [-0.05, 0) is 12.1 Å². The number of ether oxygens (including phenoxy) is 1. The molecule has 1 amide bonds. The van der Waals surface area contributed by atoms with E-state index in [9.17, 15) is 18.7 Å². The highest BCUT2D eigenvalue weighted by Crippen LogP contribution is 2.23. The molecule has 1 aromatic rings. The molecular weight excluding hydrogens is 220 g/mol. The molecule has 0 fully saturated rings. The van der Waals surface area contributed by atoms with Gasteiger partial charge in [0.1, 0.15) is 11.5 Å². The quantitative estimate of drug-likeness (QED) is 0.861. The number of aromatic hydroxyl groups is 1. The molecule has 0 radical (unpaired) electrons. The van der Waals surface area contributed by atoms with E-state index in [2.05, 4.69) is 4.74 Å². The molecule has 0 saturated carbocycles. The second kappa shape index (κ2) is 4.78. The average molecular weight is 231 g/mol. The van der Waals surface area contributed by atoms with Crippen LogP contribution in [0.4, 0.5) is 8.78 Å². The van der Waals surface area contributed by atoms with Crippen LogP contribution in [0.25, 0.3) is 0 Å². The molecule has 0 aromatic heterocycles. The van der Waals surface area contributed by atoms with E-state index in [0.717, 1.165) is 12.1 Å². The molecule has 1 rings (SSSR count). The second-order valence-corrected chi connectivity index (χ2v) is 3.29. The number of phenolic OH excluding ortho intramolecular Hbond substituents is 1. The van der Waals surface area contributed by atoms with Crippen molar-refractivity contribution in [3.05, 3.63) is 23.8 Å². The molecule has 0 heterocycles. The van der Waals surface area contributed by atoms with E-state index in [1.54, 1.807) is 0 Å². The standard InChI is InChI=1S/C10H11F2NO3/c1-13(2)9(15)6-3-7(14)5-8(4-6)16-10(11)12/h3-5,10,14H,1-2H3. The maximum absolute atomic E-state index is 11.9. The lowest BCUT2D eigenvalue weighted by molar-refractivity contribution is -0.0499. The van der Waals surface area contributed by atoms with Gasteiger partial charge in [-0.2, -0.15) is 8.78 Å². The molecule has 0 saturated heterocycles. The van der Waals surface area contributed by atoms with Crippen LogP contribution in [0.2, 0.25) is 0 Å². The van der Waals surface area contributed by atoms with Gasteiger partial charge in [0, 0.05) is 25.7 Å². The fourth-order valence-corrected chi connectivity index (χ4v) is 1.14. The lowest BCUT2D eigenvalue weighted by atomic mass is 10.2. The Morgan fingerprint density at radius 2 is 2.00 bits per heavy atom. The molecule has 0 bridgehead atoms. The maximum Gasteiger partial charge on any atom is 0.387 e. The molecule has 0 atom stereocenters. The van der Waals surface area contributed by atoms with Crippen molar-refractivity contribution in [1.29, 1.82) is 0 Å². The van der Waals surface area contributed by atoms with Crippen molar-refractivity contribution in [2.45, 2.75) is 6.61 Å². The van der Waals surface area contributed by atoms with Crippen LogP contribution in [-0.2, 0) is 0 Å². The predicted octanol–water partition coefficient (Wildman–Crippen LogP) is 1.70. The van der Waals surface area contributed by atoms with Crippen LogP contribution in [0, 0.1) is 0 Å². The first kappa shape index (κ1) is 12.2. The minimum absolute atomic E-state index is 0.0839. The van der Waals surface area contributed by atoms with Gasteiger partial charge in [0.25, 0.3) is 5.91 Å². The number of carbonyl (C=O) groups excluding carboxylic acids is 1. The molecule has 0 aliphatic rings. The number of hydrogen-bond donors (Lipinski definition) is 1. The van der Waals surface area contributed by atoms with Gasteiger partial charge in [-0.3, -0.25) is 4.79 Å². The van der Waals surface area contributed by atoms with E-state index < -0.39 is 12.5 Å². The fraction of sp³-hybridized carbons (Fsp3) is 0.300. The Hall–Kier alpha value is -1.85. The van der Waals surface area contributed by atoms with Crippen LogP contribution in [0.15, 0.2) is 18.2 Å². The zero-order chi connectivity index (χ0) is 12.3. The fourth-order valence-electron chi connectivity index (χ4n) is 1.14. The molecule has 0 aliphatic carbocycles. The van der Waals surface area contributed by atoms with Gasteiger partial charge in [-0.15, -0.1) is 0 Å². The number of halogens is 2. The van der Waals surface area contributed by atoms with Crippen LogP contribution in [-0.4, -0.2) is 36.6 Å². The minimum atomic E-state index is -3.00. The molecule has 0 aliphatic heterocycles. The lowest BCUT2D eigenvalue weighted by Gasteiger charge is -2.12. The zero-order valence-corrected chi connectivity index (χ0v) is 8.78. The molecule has 16 heavy (non-hydrogen) atoms. The van der Waals surface area contributed by atoms with Crippen molar-refractivity contribution in [1.82, 2.24) is 4.90 Å². The first-order chi connectivity index (χ1) is 7.40. The van der Waals surface area contributed by atoms with Crippen molar-refractivity contribution in [2.75, 3.05) is 14.1 Å². The van der Waals surface area contributed by atoms with Crippen LogP contribution in [0.3, 0.4) is 0 Å². The van der Waals surface area contributed by atoms with E-state index in [1.165, 1.54) is 25.1 Å². The van der Waals surface area contributed by atoms with E-state index in [4.69, 9.17) is 0 Å². The second-order valence-electron chi connectivity index (χ2n) is 3.29. The number of benzene rings is 1. The Morgan fingerprint density at radius 3 is 2.50 bits per heavy atom. The van der Waals surface area contributed by atoms with Crippen LogP contribution < -0.4 is 4.74 Å². The largest absolute Gasteiger partial charge is 0.508 e. The number of nitrogens with zero attached hydrogens (tertiary/aromatic N) is 1. The van der Waals surface area contributed by atoms with E-state index >= 15 is 0 Å². The molecule has 6 heteroatoms. The summed E-state index contributed by atoms with van der Waals surface area (Å²) in [6.45, 7) is -3.00. The van der Waals surface area contributed by atoms with E-state index in [-0.39, 0.29) is 17.1 Å². The number of carbonyl (C=O) groups is 1. The van der Waals surface area contributed by atoms with Gasteiger partial charge in [-0.1, -0.05) is 0 Å². The van der Waals surface area contributed by atoms with Crippen LogP contribution in [0.1, 0.15) is 10.4 Å². The Balaban J connectivity index is 3.03. The molecule has 4 nitrogen and oxygen atoms in total. The molecule has 1 aromatic carbocycles. The summed E-state index contributed by atoms with van der Waals surface area (Å²) in [6, 6.07) is 3.34. The van der Waals surface area contributed by atoms with Gasteiger partial charge >= 0.3 is 6.61 Å². The minimum Gasteiger partial charge on any atom is -0.508 e. The van der Waals surface area contributed by atoms with E-state index in [0.29, 0.717) is 0 Å². The van der Waals surface area contributed by atoms with Crippen molar-refractivity contribution in [2.24, 2.45) is 0 Å². The summed E-state index contributed by atoms with van der Waals surface area (Å²) in [4.78, 5) is 12.8. The summed E-state index contributed by atoms with van der Waals surface area (Å²) < 4.78 is 28.0. The first-order valence-electron chi connectivity index (χ1n) is 4.40. The Bertz CT molecular complexity index is 394. The van der Waals surface area contributed by atoms with Crippen molar-refractivity contribution in [3.8, 4) is 11.5 Å².